The van der Waals surface area contributed by atoms with Gasteiger partial charge in [-0.3, -0.25) is 4.90 Å². The van der Waals surface area contributed by atoms with Gasteiger partial charge in [0.05, 0.1) is 0 Å². The summed E-state index contributed by atoms with van der Waals surface area (Å²) in [5, 5.41) is 0. The monoisotopic (exact) mass is 275 g/mol. The molecule has 110 valence electrons. The molecule has 5 nitrogen and oxygen atoms in total. The Morgan fingerprint density at radius 3 is 2.70 bits per heavy atom. The molecule has 0 spiro atoms. The zero-order valence-electron chi connectivity index (χ0n) is 12.4. The van der Waals surface area contributed by atoms with Crippen molar-refractivity contribution in [1.29, 1.82) is 0 Å². The third-order valence-corrected chi connectivity index (χ3v) is 4.73. The first kappa shape index (κ1) is 13.8. The van der Waals surface area contributed by atoms with Crippen LogP contribution in [0.15, 0.2) is 6.33 Å². The average Bonchev–Trinajstić information content (AvgIpc) is 2.98. The fourth-order valence-corrected chi connectivity index (χ4v) is 3.49. The highest BCUT2D eigenvalue weighted by atomic mass is 15.3. The van der Waals surface area contributed by atoms with Gasteiger partial charge >= 0.3 is 0 Å². The molecular formula is C15H25N5. The molecule has 0 saturated carbocycles. The molecule has 1 aliphatic carbocycles. The van der Waals surface area contributed by atoms with Gasteiger partial charge in [-0.2, -0.15) is 0 Å². The largest absolute Gasteiger partial charge is 0.354 e. The topological polar surface area (TPSA) is 58.3 Å². The summed E-state index contributed by atoms with van der Waals surface area (Å²) >= 11 is 0. The Balaban J connectivity index is 1.68. The highest BCUT2D eigenvalue weighted by Crippen LogP contribution is 2.28. The molecule has 1 aromatic rings. The van der Waals surface area contributed by atoms with Crippen molar-refractivity contribution in [1.82, 2.24) is 14.9 Å². The maximum absolute atomic E-state index is 5.86. The van der Waals surface area contributed by atoms with Crippen molar-refractivity contribution in [3.63, 3.8) is 0 Å². The molecule has 1 saturated heterocycles. The molecule has 0 radical (unpaired) electrons. The second kappa shape index (κ2) is 6.06. The zero-order valence-corrected chi connectivity index (χ0v) is 12.4. The second-order valence-electron chi connectivity index (χ2n) is 5.80. The number of nitrogens with two attached hydrogens (primary N) is 1. The van der Waals surface area contributed by atoms with Crippen molar-refractivity contribution >= 4 is 5.82 Å². The van der Waals surface area contributed by atoms with Gasteiger partial charge < -0.3 is 10.6 Å². The molecule has 2 heterocycles. The summed E-state index contributed by atoms with van der Waals surface area (Å²) in [4.78, 5) is 13.9. The molecule has 0 amide bonds. The van der Waals surface area contributed by atoms with Gasteiger partial charge in [-0.1, -0.05) is 6.92 Å². The first-order chi connectivity index (χ1) is 9.83. The van der Waals surface area contributed by atoms with Crippen LogP contribution in [0.3, 0.4) is 0 Å². The number of hydrogen-bond donors (Lipinski definition) is 1. The summed E-state index contributed by atoms with van der Waals surface area (Å²) in [5.74, 6) is 1.19. The quantitative estimate of drug-likeness (QED) is 0.882. The van der Waals surface area contributed by atoms with Crippen molar-refractivity contribution in [2.45, 2.75) is 38.6 Å². The number of aromatic nitrogens is 2. The molecule has 20 heavy (non-hydrogen) atoms. The smallest absolute Gasteiger partial charge is 0.135 e. The van der Waals surface area contributed by atoms with Crippen molar-refractivity contribution in [2.75, 3.05) is 37.6 Å². The Morgan fingerprint density at radius 2 is 2.00 bits per heavy atom. The molecule has 2 N–H and O–H groups in total. The lowest BCUT2D eigenvalue weighted by molar-refractivity contribution is 0.184. The van der Waals surface area contributed by atoms with Gasteiger partial charge in [0.2, 0.25) is 0 Å². The lowest BCUT2D eigenvalue weighted by Crippen LogP contribution is -2.52. The van der Waals surface area contributed by atoms with Crippen LogP contribution in [0.25, 0.3) is 0 Å². The third kappa shape index (κ3) is 2.52. The first-order valence-corrected chi connectivity index (χ1v) is 7.85. The van der Waals surface area contributed by atoms with Crippen LogP contribution in [0.5, 0.6) is 0 Å². The van der Waals surface area contributed by atoms with E-state index in [2.05, 4.69) is 26.7 Å². The summed E-state index contributed by atoms with van der Waals surface area (Å²) in [6, 6.07) is 0.535. The van der Waals surface area contributed by atoms with Crippen molar-refractivity contribution in [2.24, 2.45) is 5.73 Å². The summed E-state index contributed by atoms with van der Waals surface area (Å²) in [6.45, 7) is 7.28. The normalized spacial score (nSPS) is 21.0. The minimum atomic E-state index is 0.535. The zero-order chi connectivity index (χ0) is 13.9. The molecule has 2 aliphatic rings. The van der Waals surface area contributed by atoms with Crippen molar-refractivity contribution < 1.29 is 0 Å². The van der Waals surface area contributed by atoms with E-state index in [1.54, 1.807) is 6.33 Å². The minimum absolute atomic E-state index is 0.535. The highest BCUT2D eigenvalue weighted by Gasteiger charge is 2.26. The van der Waals surface area contributed by atoms with Crippen LogP contribution in [0, 0.1) is 0 Å². The van der Waals surface area contributed by atoms with E-state index in [1.165, 1.54) is 23.5 Å². The van der Waals surface area contributed by atoms with Crippen molar-refractivity contribution in [3.05, 3.63) is 17.6 Å². The lowest BCUT2D eigenvalue weighted by atomic mass is 10.1. The van der Waals surface area contributed by atoms with Gasteiger partial charge in [0, 0.05) is 50.0 Å². The number of hydrogen-bond acceptors (Lipinski definition) is 5. The number of aryl methyl sites for hydroxylation is 1. The van der Waals surface area contributed by atoms with Gasteiger partial charge in [0.15, 0.2) is 0 Å². The van der Waals surface area contributed by atoms with E-state index in [0.29, 0.717) is 6.04 Å². The Labute approximate surface area is 121 Å². The molecule has 0 aromatic carbocycles. The molecule has 3 rings (SSSR count). The minimum Gasteiger partial charge on any atom is -0.354 e. The van der Waals surface area contributed by atoms with Crippen LogP contribution in [0.4, 0.5) is 5.82 Å². The van der Waals surface area contributed by atoms with Gasteiger partial charge in [-0.05, 0) is 25.7 Å². The van der Waals surface area contributed by atoms with E-state index < -0.39 is 0 Å². The molecule has 1 aromatic heterocycles. The van der Waals surface area contributed by atoms with E-state index >= 15 is 0 Å². The van der Waals surface area contributed by atoms with Gasteiger partial charge in [0.1, 0.15) is 12.1 Å². The summed E-state index contributed by atoms with van der Waals surface area (Å²) in [5.41, 5.74) is 8.52. The van der Waals surface area contributed by atoms with E-state index in [4.69, 9.17) is 5.73 Å². The number of rotatable bonds is 4. The Morgan fingerprint density at radius 1 is 1.20 bits per heavy atom. The van der Waals surface area contributed by atoms with Crippen LogP contribution >= 0.6 is 0 Å². The Bertz CT molecular complexity index is 450. The molecule has 1 aliphatic heterocycles. The van der Waals surface area contributed by atoms with Crippen molar-refractivity contribution in [3.8, 4) is 0 Å². The number of piperazine rings is 1. The van der Waals surface area contributed by atoms with Crippen LogP contribution in [-0.2, 0) is 12.8 Å². The Kier molecular flexibility index (Phi) is 4.17. The van der Waals surface area contributed by atoms with E-state index in [0.717, 1.165) is 52.0 Å². The predicted octanol–water partition coefficient (Wildman–Crippen LogP) is 0.825. The fraction of sp³-hybridized carbons (Fsp3) is 0.733. The van der Waals surface area contributed by atoms with Gasteiger partial charge in [-0.25, -0.2) is 9.97 Å². The number of anilines is 1. The first-order valence-electron chi connectivity index (χ1n) is 7.85. The predicted molar refractivity (Wildman–Crippen MR) is 81.0 cm³/mol. The fourth-order valence-electron chi connectivity index (χ4n) is 3.49. The van der Waals surface area contributed by atoms with Crippen LogP contribution in [-0.4, -0.2) is 53.6 Å². The number of nitrogens with zero attached hydrogens (tertiary/aromatic N) is 4. The average molecular weight is 275 g/mol. The molecule has 5 heteroatoms. The maximum atomic E-state index is 5.86. The Hall–Kier alpha value is -1.20. The standard InChI is InChI=1S/C15H25N5/c1-2-12(10-16)19-6-8-20(9-7-19)15-13-4-3-5-14(13)17-11-18-15/h11-12H,2-10,16H2,1H3. The second-order valence-corrected chi connectivity index (χ2v) is 5.80. The SMILES string of the molecule is CCC(CN)N1CCN(c2ncnc3c2CCC3)CC1. The summed E-state index contributed by atoms with van der Waals surface area (Å²) in [6.07, 6.45) is 6.37. The van der Waals surface area contributed by atoms with Crippen LogP contribution in [0.1, 0.15) is 31.0 Å². The van der Waals surface area contributed by atoms with Crippen LogP contribution in [0.2, 0.25) is 0 Å². The molecular weight excluding hydrogens is 250 g/mol. The maximum Gasteiger partial charge on any atom is 0.135 e. The highest BCUT2D eigenvalue weighted by molar-refractivity contribution is 5.50. The van der Waals surface area contributed by atoms with Crippen LogP contribution < -0.4 is 10.6 Å². The van der Waals surface area contributed by atoms with Gasteiger partial charge in [-0.15, -0.1) is 0 Å². The van der Waals surface area contributed by atoms with E-state index in [1.807, 2.05) is 0 Å². The number of fused-ring (bicyclic) bond motifs is 1. The summed E-state index contributed by atoms with van der Waals surface area (Å²) in [7, 11) is 0. The van der Waals surface area contributed by atoms with Gasteiger partial charge in [0.25, 0.3) is 0 Å². The molecule has 1 unspecified atom stereocenters. The summed E-state index contributed by atoms with van der Waals surface area (Å²) < 4.78 is 0. The molecule has 1 fully saturated rings. The lowest BCUT2D eigenvalue weighted by Gasteiger charge is -2.39. The van der Waals surface area contributed by atoms with E-state index in [9.17, 15) is 0 Å². The molecule has 0 bridgehead atoms. The third-order valence-electron chi connectivity index (χ3n) is 4.73. The molecule has 1 atom stereocenters. The van der Waals surface area contributed by atoms with E-state index in [-0.39, 0.29) is 0 Å².